The first-order chi connectivity index (χ1) is 27.8. The average molecular weight is 711 g/mol. The molecule has 0 saturated carbocycles. The predicted molar refractivity (Wildman–Crippen MR) is 234 cm³/mol. The Morgan fingerprint density at radius 3 is 1.91 bits per heavy atom. The van der Waals surface area contributed by atoms with Crippen molar-refractivity contribution < 1.29 is 0 Å². The number of aromatic nitrogens is 4. The van der Waals surface area contributed by atoms with Gasteiger partial charge in [-0.1, -0.05) is 146 Å². The Hall–Kier alpha value is -7.56. The van der Waals surface area contributed by atoms with Crippen LogP contribution in [0, 0.1) is 0 Å². The van der Waals surface area contributed by atoms with Gasteiger partial charge in [-0.05, 0) is 69.1 Å². The molecule has 13 rings (SSSR count). The number of fused-ring (bicyclic) bond motifs is 9. The summed E-state index contributed by atoms with van der Waals surface area (Å²) in [6.07, 6.45) is 0. The molecule has 4 aromatic heterocycles. The third kappa shape index (κ3) is 3.92. The number of hydrogen-bond acceptors (Lipinski definition) is 2. The lowest BCUT2D eigenvalue weighted by Gasteiger charge is -2.15. The number of hydrogen-bond donors (Lipinski definition) is 0. The minimum absolute atomic E-state index is 0.655. The number of para-hydroxylation sites is 2. The van der Waals surface area contributed by atoms with E-state index in [1.165, 1.54) is 65.2 Å². The maximum Gasteiger partial charge on any atom is 0.235 e. The Kier molecular flexibility index (Phi) is 5.86. The summed E-state index contributed by atoms with van der Waals surface area (Å²) >= 11 is 0. The molecule has 0 amide bonds. The first-order valence-corrected chi connectivity index (χ1v) is 19.2. The SMILES string of the molecule is c1ccc(-c2nc(-n3c4cccc5c6cccc7c8ccccc8n(c8cccc3c8c54)c67)nc3c2ccc2cccc(-c4ccc5ccccc5c4)c23)cc1. The van der Waals surface area contributed by atoms with Crippen LogP contribution in [0.3, 0.4) is 0 Å². The van der Waals surface area contributed by atoms with Crippen LogP contribution in [-0.4, -0.2) is 18.9 Å². The highest BCUT2D eigenvalue weighted by atomic mass is 15.2. The predicted octanol–water partition coefficient (Wildman–Crippen LogP) is 13.5. The average Bonchev–Trinajstić information content (AvgIpc) is 3.75. The molecule has 0 bridgehead atoms. The largest absolute Gasteiger partial charge is 0.308 e. The van der Waals surface area contributed by atoms with E-state index in [9.17, 15) is 0 Å². The van der Waals surface area contributed by atoms with Crippen LogP contribution >= 0.6 is 0 Å². The molecule has 9 aromatic carbocycles. The normalized spacial score (nSPS) is 12.3. The molecule has 0 saturated heterocycles. The molecule has 0 atom stereocenters. The summed E-state index contributed by atoms with van der Waals surface area (Å²) in [5, 5.41) is 13.2. The molecule has 13 aromatic rings. The molecule has 0 aliphatic rings. The van der Waals surface area contributed by atoms with E-state index in [4.69, 9.17) is 9.97 Å². The van der Waals surface area contributed by atoms with Gasteiger partial charge in [0.1, 0.15) is 0 Å². The fourth-order valence-corrected chi connectivity index (χ4v) is 9.67. The van der Waals surface area contributed by atoms with Crippen molar-refractivity contribution in [2.75, 3.05) is 0 Å². The summed E-state index contributed by atoms with van der Waals surface area (Å²) in [7, 11) is 0. The van der Waals surface area contributed by atoms with Crippen LogP contribution in [-0.2, 0) is 0 Å². The third-order valence-electron chi connectivity index (χ3n) is 12.0. The lowest BCUT2D eigenvalue weighted by Crippen LogP contribution is -2.04. The van der Waals surface area contributed by atoms with Gasteiger partial charge in [0.15, 0.2) is 0 Å². The molecule has 0 spiro atoms. The van der Waals surface area contributed by atoms with Gasteiger partial charge in [0.2, 0.25) is 5.95 Å². The second-order valence-corrected chi connectivity index (χ2v) is 14.9. The summed E-state index contributed by atoms with van der Waals surface area (Å²) in [6, 6.07) is 65.9. The maximum atomic E-state index is 5.65. The highest BCUT2D eigenvalue weighted by molar-refractivity contribution is 6.31. The van der Waals surface area contributed by atoms with E-state index in [1.54, 1.807) is 0 Å². The summed E-state index contributed by atoms with van der Waals surface area (Å²) in [4.78, 5) is 11.2. The van der Waals surface area contributed by atoms with Crippen molar-refractivity contribution in [1.29, 1.82) is 0 Å². The summed E-state index contributed by atoms with van der Waals surface area (Å²) in [5.41, 5.74) is 11.0. The fourth-order valence-electron chi connectivity index (χ4n) is 9.67. The Morgan fingerprint density at radius 1 is 0.357 bits per heavy atom. The first-order valence-electron chi connectivity index (χ1n) is 19.2. The molecule has 4 heteroatoms. The number of rotatable bonds is 3. The van der Waals surface area contributed by atoms with E-state index in [0.717, 1.165) is 49.5 Å². The topological polar surface area (TPSA) is 35.1 Å². The second kappa shape index (κ2) is 11.0. The quantitative estimate of drug-likeness (QED) is 0.171. The van der Waals surface area contributed by atoms with Gasteiger partial charge >= 0.3 is 0 Å². The van der Waals surface area contributed by atoms with E-state index < -0.39 is 0 Å². The van der Waals surface area contributed by atoms with E-state index in [0.29, 0.717) is 5.95 Å². The zero-order chi connectivity index (χ0) is 36.5. The van der Waals surface area contributed by atoms with Gasteiger partial charge in [-0.25, -0.2) is 9.97 Å². The minimum Gasteiger partial charge on any atom is -0.308 e. The van der Waals surface area contributed by atoms with Crippen molar-refractivity contribution in [3.63, 3.8) is 0 Å². The van der Waals surface area contributed by atoms with Crippen molar-refractivity contribution in [1.82, 2.24) is 18.9 Å². The van der Waals surface area contributed by atoms with Crippen molar-refractivity contribution >= 4 is 92.3 Å². The van der Waals surface area contributed by atoms with Crippen molar-refractivity contribution in [2.45, 2.75) is 0 Å². The molecule has 56 heavy (non-hydrogen) atoms. The molecule has 0 N–H and O–H groups in total. The zero-order valence-corrected chi connectivity index (χ0v) is 30.1. The molecule has 0 fully saturated rings. The Bertz CT molecular complexity index is 3760. The molecule has 4 nitrogen and oxygen atoms in total. The van der Waals surface area contributed by atoms with Crippen LogP contribution in [0.25, 0.3) is 121 Å². The monoisotopic (exact) mass is 710 g/mol. The van der Waals surface area contributed by atoms with E-state index in [1.807, 2.05) is 0 Å². The zero-order valence-electron chi connectivity index (χ0n) is 30.1. The molecule has 0 radical (unpaired) electrons. The van der Waals surface area contributed by atoms with Crippen molar-refractivity contribution in [2.24, 2.45) is 0 Å². The van der Waals surface area contributed by atoms with Gasteiger partial charge in [-0.2, -0.15) is 0 Å². The standard InChI is InChI=1S/C52H30N4/c1-2-13-33(14-3-1)49-41-29-28-32-16-8-18-36(35-27-26-31-12-4-5-15-34(31)30-35)46(32)50(41)54-52(53-49)56-43-23-10-19-38-40-21-9-20-39-37-17-6-7-22-42(37)55(51(39)40)44-24-11-25-45(56)48(44)47(38)43/h1-30H. The third-order valence-corrected chi connectivity index (χ3v) is 12.0. The van der Waals surface area contributed by atoms with E-state index >= 15 is 0 Å². The Labute approximate surface area is 320 Å². The molecule has 258 valence electrons. The van der Waals surface area contributed by atoms with E-state index in [2.05, 4.69) is 191 Å². The van der Waals surface area contributed by atoms with Gasteiger partial charge in [0.25, 0.3) is 0 Å². The highest BCUT2D eigenvalue weighted by Gasteiger charge is 2.24. The van der Waals surface area contributed by atoms with Gasteiger partial charge in [-0.3, -0.25) is 4.57 Å². The molecular formula is C52H30N4. The summed E-state index contributed by atoms with van der Waals surface area (Å²) in [6.45, 7) is 0. The Balaban J connectivity index is 1.21. The van der Waals surface area contributed by atoms with Crippen LogP contribution in [0.4, 0.5) is 0 Å². The second-order valence-electron chi connectivity index (χ2n) is 14.9. The first kappa shape index (κ1) is 29.8. The van der Waals surface area contributed by atoms with Crippen LogP contribution in [0.5, 0.6) is 0 Å². The molecular weight excluding hydrogens is 681 g/mol. The van der Waals surface area contributed by atoms with Crippen LogP contribution in [0.15, 0.2) is 182 Å². The lowest BCUT2D eigenvalue weighted by atomic mass is 9.93. The fraction of sp³-hybridized carbons (Fsp3) is 0. The minimum atomic E-state index is 0.655. The number of nitrogens with zero attached hydrogens (tertiary/aromatic N) is 4. The summed E-state index contributed by atoms with van der Waals surface area (Å²) < 4.78 is 4.78. The maximum absolute atomic E-state index is 5.65. The van der Waals surface area contributed by atoms with Crippen LogP contribution in [0.1, 0.15) is 0 Å². The molecule has 0 aliphatic heterocycles. The van der Waals surface area contributed by atoms with Gasteiger partial charge in [0.05, 0.1) is 38.8 Å². The van der Waals surface area contributed by atoms with E-state index in [-0.39, 0.29) is 0 Å². The highest BCUT2D eigenvalue weighted by Crippen LogP contribution is 2.45. The van der Waals surface area contributed by atoms with Crippen LogP contribution in [0.2, 0.25) is 0 Å². The lowest BCUT2D eigenvalue weighted by molar-refractivity contribution is 1.02. The van der Waals surface area contributed by atoms with Crippen molar-refractivity contribution in [3.8, 4) is 28.3 Å². The van der Waals surface area contributed by atoms with Gasteiger partial charge in [0, 0.05) is 43.3 Å². The Morgan fingerprint density at radius 2 is 1.00 bits per heavy atom. The summed E-state index contributed by atoms with van der Waals surface area (Å²) in [5.74, 6) is 0.655. The molecule has 4 heterocycles. The van der Waals surface area contributed by atoms with Gasteiger partial charge in [-0.15, -0.1) is 0 Å². The van der Waals surface area contributed by atoms with Crippen LogP contribution < -0.4 is 0 Å². The van der Waals surface area contributed by atoms with Crippen molar-refractivity contribution in [3.05, 3.63) is 182 Å². The smallest absolute Gasteiger partial charge is 0.235 e. The molecule has 0 aliphatic carbocycles. The van der Waals surface area contributed by atoms with Gasteiger partial charge < -0.3 is 4.40 Å². The number of benzene rings is 9. The molecule has 0 unspecified atom stereocenters.